The van der Waals surface area contributed by atoms with Crippen molar-refractivity contribution in [3.8, 4) is 5.75 Å². The molecule has 5 nitrogen and oxygen atoms in total. The van der Waals surface area contributed by atoms with E-state index < -0.39 is 21.0 Å². The topological polar surface area (TPSA) is 83.5 Å². The second-order valence-electron chi connectivity index (χ2n) is 5.60. The van der Waals surface area contributed by atoms with E-state index in [4.69, 9.17) is 4.74 Å². The number of carbonyl (C=O) groups excluding carboxylic acids is 1. The van der Waals surface area contributed by atoms with Gasteiger partial charge in [0, 0.05) is 6.42 Å². The molecule has 0 fully saturated rings. The molecule has 0 aliphatic rings. The third kappa shape index (κ3) is 8.13. The van der Waals surface area contributed by atoms with Gasteiger partial charge in [0.05, 0.1) is 4.90 Å². The van der Waals surface area contributed by atoms with E-state index in [0.29, 0.717) is 6.42 Å². The Morgan fingerprint density at radius 1 is 1.00 bits per heavy atom. The van der Waals surface area contributed by atoms with Crippen molar-refractivity contribution in [2.24, 2.45) is 0 Å². The number of rotatable bonds is 11. The third-order valence-corrected chi connectivity index (χ3v) is 4.45. The van der Waals surface area contributed by atoms with Crippen molar-refractivity contribution in [1.29, 1.82) is 0 Å². The number of benzene rings is 1. The van der Waals surface area contributed by atoms with Crippen molar-refractivity contribution in [2.75, 3.05) is 0 Å². The van der Waals surface area contributed by atoms with Gasteiger partial charge >= 0.3 is 5.97 Å². The zero-order chi connectivity index (χ0) is 17.1. The van der Waals surface area contributed by atoms with Crippen LogP contribution in [0, 0.1) is 0 Å². The average Bonchev–Trinajstić information content (AvgIpc) is 2.49. The van der Waals surface area contributed by atoms with Crippen molar-refractivity contribution in [1.82, 2.24) is 0 Å². The minimum atomic E-state index is -4.65. The minimum absolute atomic E-state index is 0.188. The Bertz CT molecular complexity index is 580. The first kappa shape index (κ1) is 19.6. The van der Waals surface area contributed by atoms with Crippen LogP contribution in [0.15, 0.2) is 29.2 Å². The summed E-state index contributed by atoms with van der Waals surface area (Å²) in [5.74, 6) is -0.695. The van der Waals surface area contributed by atoms with Gasteiger partial charge in [0.25, 0.3) is 0 Å². The van der Waals surface area contributed by atoms with Gasteiger partial charge in [-0.15, -0.1) is 0 Å². The first-order chi connectivity index (χ1) is 10.9. The van der Waals surface area contributed by atoms with E-state index in [1.807, 2.05) is 0 Å². The maximum Gasteiger partial charge on any atom is 0.311 e. The lowest BCUT2D eigenvalue weighted by Crippen LogP contribution is -2.11. The smallest absolute Gasteiger partial charge is 0.311 e. The molecule has 6 heteroatoms. The Balaban J connectivity index is 2.30. The van der Waals surface area contributed by atoms with E-state index in [1.165, 1.54) is 50.3 Å². The molecular formula is C17H25O5S-. The quantitative estimate of drug-likeness (QED) is 0.263. The highest BCUT2D eigenvalue weighted by Gasteiger charge is 2.12. The normalized spacial score (nSPS) is 11.4. The summed E-state index contributed by atoms with van der Waals surface area (Å²) in [4.78, 5) is 11.3. The summed E-state index contributed by atoms with van der Waals surface area (Å²) in [5, 5.41) is 0. The molecule has 0 saturated carbocycles. The molecule has 0 heterocycles. The Morgan fingerprint density at radius 3 is 2.17 bits per heavy atom. The molecule has 130 valence electrons. The molecule has 0 unspecified atom stereocenters. The number of para-hydroxylation sites is 1. The predicted molar refractivity (Wildman–Crippen MR) is 87.3 cm³/mol. The zero-order valence-corrected chi connectivity index (χ0v) is 14.4. The van der Waals surface area contributed by atoms with Crippen LogP contribution in [0.5, 0.6) is 5.75 Å². The zero-order valence-electron chi connectivity index (χ0n) is 13.6. The molecule has 0 aliphatic carbocycles. The molecule has 0 radical (unpaired) electrons. The van der Waals surface area contributed by atoms with Gasteiger partial charge in [0.15, 0.2) is 0 Å². The van der Waals surface area contributed by atoms with Gasteiger partial charge in [-0.05, 0) is 18.6 Å². The number of unbranched alkanes of at least 4 members (excludes halogenated alkanes) is 7. The average molecular weight is 341 g/mol. The van der Waals surface area contributed by atoms with Gasteiger partial charge in [0.1, 0.15) is 15.9 Å². The molecule has 1 aromatic carbocycles. The van der Waals surface area contributed by atoms with Gasteiger partial charge in [-0.2, -0.15) is 0 Å². The summed E-state index contributed by atoms with van der Waals surface area (Å²) in [6.07, 6.45) is 9.13. The fourth-order valence-electron chi connectivity index (χ4n) is 2.32. The molecule has 0 amide bonds. The molecule has 23 heavy (non-hydrogen) atoms. The first-order valence-corrected chi connectivity index (χ1v) is 9.61. The van der Waals surface area contributed by atoms with E-state index in [2.05, 4.69) is 6.92 Å². The molecule has 0 spiro atoms. The van der Waals surface area contributed by atoms with Crippen molar-refractivity contribution >= 4 is 16.1 Å². The Kier molecular flexibility index (Phi) is 8.87. The Labute approximate surface area is 138 Å². The van der Waals surface area contributed by atoms with Gasteiger partial charge < -0.3 is 9.29 Å². The molecule has 0 bridgehead atoms. The van der Waals surface area contributed by atoms with E-state index in [9.17, 15) is 17.8 Å². The van der Waals surface area contributed by atoms with Crippen LogP contribution in [-0.4, -0.2) is 18.9 Å². The van der Waals surface area contributed by atoms with Crippen LogP contribution in [0.3, 0.4) is 0 Å². The number of hydrogen-bond donors (Lipinski definition) is 0. The van der Waals surface area contributed by atoms with E-state index >= 15 is 0 Å². The molecule has 0 saturated heterocycles. The van der Waals surface area contributed by atoms with Crippen LogP contribution in [0.4, 0.5) is 0 Å². The highest BCUT2D eigenvalue weighted by Crippen LogP contribution is 2.23. The lowest BCUT2D eigenvalue weighted by Gasteiger charge is -2.12. The van der Waals surface area contributed by atoms with Gasteiger partial charge in [-0.1, -0.05) is 64.0 Å². The summed E-state index contributed by atoms with van der Waals surface area (Å²) in [6, 6.07) is 5.39. The molecule has 0 N–H and O–H groups in total. The third-order valence-electron chi connectivity index (χ3n) is 3.58. The van der Waals surface area contributed by atoms with Crippen molar-refractivity contribution in [2.45, 2.75) is 69.6 Å². The van der Waals surface area contributed by atoms with Gasteiger partial charge in [-0.3, -0.25) is 4.79 Å². The van der Waals surface area contributed by atoms with Crippen LogP contribution in [0.25, 0.3) is 0 Å². The molecule has 1 aromatic rings. The summed E-state index contributed by atoms with van der Waals surface area (Å²) in [7, 11) is -4.65. The summed E-state index contributed by atoms with van der Waals surface area (Å²) in [6.45, 7) is 2.18. The van der Waals surface area contributed by atoms with Crippen molar-refractivity contribution in [3.63, 3.8) is 0 Å². The number of carbonyl (C=O) groups is 1. The molecule has 0 atom stereocenters. The van der Waals surface area contributed by atoms with E-state index in [1.54, 1.807) is 0 Å². The number of hydrogen-bond acceptors (Lipinski definition) is 5. The monoisotopic (exact) mass is 341 g/mol. The Morgan fingerprint density at radius 2 is 1.57 bits per heavy atom. The lowest BCUT2D eigenvalue weighted by molar-refractivity contribution is -0.134. The van der Waals surface area contributed by atoms with Gasteiger partial charge in [-0.25, -0.2) is 8.42 Å². The fraction of sp³-hybridized carbons (Fsp3) is 0.588. The molecule has 0 aromatic heterocycles. The number of ether oxygens (including phenoxy) is 1. The maximum absolute atomic E-state index is 11.7. The van der Waals surface area contributed by atoms with E-state index in [-0.39, 0.29) is 12.2 Å². The standard InChI is InChI=1S/C17H26O5S/c1-2-3-4-5-6-7-8-9-14-17(18)22-15-12-10-11-13-16(15)23(19,20)21/h10-13H,2-9,14H2,1H3,(H,19,20,21)/p-1. The molecule has 1 rings (SSSR count). The van der Waals surface area contributed by atoms with Crippen molar-refractivity contribution in [3.05, 3.63) is 24.3 Å². The number of esters is 1. The van der Waals surface area contributed by atoms with Crippen LogP contribution in [0.2, 0.25) is 0 Å². The SMILES string of the molecule is CCCCCCCCCCC(=O)Oc1ccccc1S(=O)(=O)[O-]. The molecular weight excluding hydrogens is 316 g/mol. The summed E-state index contributed by atoms with van der Waals surface area (Å²) >= 11 is 0. The van der Waals surface area contributed by atoms with Crippen LogP contribution < -0.4 is 4.74 Å². The highest BCUT2D eigenvalue weighted by molar-refractivity contribution is 7.85. The van der Waals surface area contributed by atoms with Crippen molar-refractivity contribution < 1.29 is 22.5 Å². The van der Waals surface area contributed by atoms with Crippen LogP contribution in [-0.2, 0) is 14.9 Å². The maximum atomic E-state index is 11.7. The van der Waals surface area contributed by atoms with Crippen LogP contribution in [0.1, 0.15) is 64.7 Å². The Hall–Kier alpha value is -1.40. The second kappa shape index (κ2) is 10.4. The fourth-order valence-corrected chi connectivity index (χ4v) is 2.92. The summed E-state index contributed by atoms with van der Waals surface area (Å²) < 4.78 is 38.3. The first-order valence-electron chi connectivity index (χ1n) is 8.20. The predicted octanol–water partition coefficient (Wildman–Crippen LogP) is 4.03. The minimum Gasteiger partial charge on any atom is -0.744 e. The van der Waals surface area contributed by atoms with E-state index in [0.717, 1.165) is 18.9 Å². The lowest BCUT2D eigenvalue weighted by atomic mass is 10.1. The highest BCUT2D eigenvalue weighted by atomic mass is 32.2. The van der Waals surface area contributed by atoms with Crippen LogP contribution >= 0.6 is 0 Å². The van der Waals surface area contributed by atoms with Gasteiger partial charge in [0.2, 0.25) is 0 Å². The largest absolute Gasteiger partial charge is 0.744 e. The summed E-state index contributed by atoms with van der Waals surface area (Å²) in [5.41, 5.74) is 0. The second-order valence-corrected chi connectivity index (χ2v) is 6.95. The molecule has 0 aliphatic heterocycles.